The van der Waals surface area contributed by atoms with Gasteiger partial charge in [0.1, 0.15) is 5.82 Å². The van der Waals surface area contributed by atoms with Crippen molar-refractivity contribution >= 4 is 40.6 Å². The van der Waals surface area contributed by atoms with Gasteiger partial charge in [0.2, 0.25) is 5.91 Å². The molecule has 0 radical (unpaired) electrons. The number of aromatic nitrogens is 3. The lowest BCUT2D eigenvalue weighted by atomic mass is 9.98. The molecule has 2 aliphatic heterocycles. The molecule has 2 amide bonds. The van der Waals surface area contributed by atoms with Crippen molar-refractivity contribution in [1.82, 2.24) is 19.5 Å². The van der Waals surface area contributed by atoms with E-state index in [0.717, 1.165) is 67.9 Å². The van der Waals surface area contributed by atoms with Gasteiger partial charge >= 0.3 is 0 Å². The maximum absolute atomic E-state index is 13.9. The molecule has 1 aromatic carbocycles. The first-order valence-electron chi connectivity index (χ1n) is 13.0. The molecule has 1 saturated carbocycles. The molecule has 2 saturated heterocycles. The maximum Gasteiger partial charge on any atom is 0.256 e. The fourth-order valence-electron chi connectivity index (χ4n) is 5.45. The van der Waals surface area contributed by atoms with Gasteiger partial charge in [-0.2, -0.15) is 5.10 Å². The lowest BCUT2D eigenvalue weighted by Crippen LogP contribution is -2.39. The molecule has 3 fully saturated rings. The number of anilines is 2. The van der Waals surface area contributed by atoms with E-state index in [2.05, 4.69) is 17.1 Å². The normalized spacial score (nSPS) is 20.2. The van der Waals surface area contributed by atoms with Crippen LogP contribution in [0, 0.1) is 12.8 Å². The van der Waals surface area contributed by atoms with Crippen molar-refractivity contribution in [2.45, 2.75) is 57.9 Å². The highest BCUT2D eigenvalue weighted by atomic mass is 35.5. The van der Waals surface area contributed by atoms with Crippen LogP contribution in [0.5, 0.6) is 0 Å². The zero-order valence-electron chi connectivity index (χ0n) is 20.5. The molecule has 0 bridgehead atoms. The van der Waals surface area contributed by atoms with Crippen molar-refractivity contribution in [2.75, 3.05) is 29.9 Å². The zero-order chi connectivity index (χ0) is 24.8. The van der Waals surface area contributed by atoms with Crippen LogP contribution in [-0.4, -0.2) is 50.9 Å². The molecule has 9 heteroatoms. The Balaban J connectivity index is 1.31. The third kappa shape index (κ3) is 4.43. The number of fused-ring (bicyclic) bond motifs is 1. The fraction of sp³-hybridized carbons (Fsp3) is 0.481. The standard InChI is InChI=1S/C27H31ClN6O2/c1-17-16-34-24(30-25(17)32-11-4-5-12-32)15-22(31-34)23-6-2-3-13-33(23)27(36)20-14-19(28)9-10-21(20)29-26(35)18-7-8-18/h9-10,14-16,18,23H,2-8,11-13H2,1H3,(H,29,35)/t23-/m0/s1. The summed E-state index contributed by atoms with van der Waals surface area (Å²) < 4.78 is 1.84. The van der Waals surface area contributed by atoms with Crippen molar-refractivity contribution in [3.63, 3.8) is 0 Å². The van der Waals surface area contributed by atoms with Crippen LogP contribution >= 0.6 is 11.6 Å². The summed E-state index contributed by atoms with van der Waals surface area (Å²) in [5.41, 5.74) is 3.70. The summed E-state index contributed by atoms with van der Waals surface area (Å²) in [6.45, 7) is 4.78. The number of amides is 2. The minimum atomic E-state index is -0.158. The van der Waals surface area contributed by atoms with E-state index >= 15 is 0 Å². The third-order valence-corrected chi connectivity index (χ3v) is 7.79. The van der Waals surface area contributed by atoms with Crippen LogP contribution in [0.1, 0.15) is 72.6 Å². The first-order chi connectivity index (χ1) is 17.5. The molecular formula is C27H31ClN6O2. The fourth-order valence-corrected chi connectivity index (χ4v) is 5.62. The van der Waals surface area contributed by atoms with Crippen LogP contribution in [0.3, 0.4) is 0 Å². The molecule has 36 heavy (non-hydrogen) atoms. The highest BCUT2D eigenvalue weighted by Crippen LogP contribution is 2.35. The summed E-state index contributed by atoms with van der Waals surface area (Å²) >= 11 is 6.29. The van der Waals surface area contributed by atoms with E-state index in [9.17, 15) is 9.59 Å². The summed E-state index contributed by atoms with van der Waals surface area (Å²) in [6.07, 6.45) is 9.01. The maximum atomic E-state index is 13.9. The molecule has 1 atom stereocenters. The Bertz CT molecular complexity index is 1330. The van der Waals surface area contributed by atoms with Crippen LogP contribution in [-0.2, 0) is 4.79 Å². The number of hydrogen-bond donors (Lipinski definition) is 1. The van der Waals surface area contributed by atoms with Crippen molar-refractivity contribution < 1.29 is 9.59 Å². The van der Waals surface area contributed by atoms with Gasteiger partial charge in [-0.25, -0.2) is 9.50 Å². The molecule has 6 rings (SSSR count). The van der Waals surface area contributed by atoms with Gasteiger partial charge in [0.25, 0.3) is 5.91 Å². The molecule has 1 aliphatic carbocycles. The van der Waals surface area contributed by atoms with E-state index in [0.29, 0.717) is 22.8 Å². The first kappa shape index (κ1) is 23.3. The Morgan fingerprint density at radius 2 is 1.81 bits per heavy atom. The molecule has 1 N–H and O–H groups in total. The lowest BCUT2D eigenvalue weighted by molar-refractivity contribution is -0.117. The van der Waals surface area contributed by atoms with Crippen LogP contribution in [0.15, 0.2) is 30.5 Å². The molecule has 0 unspecified atom stereocenters. The van der Waals surface area contributed by atoms with E-state index in [4.69, 9.17) is 21.7 Å². The Morgan fingerprint density at radius 3 is 2.58 bits per heavy atom. The average molecular weight is 507 g/mol. The van der Waals surface area contributed by atoms with Gasteiger partial charge in [-0.1, -0.05) is 11.6 Å². The first-order valence-corrected chi connectivity index (χ1v) is 13.4. The van der Waals surface area contributed by atoms with Gasteiger partial charge < -0.3 is 15.1 Å². The summed E-state index contributed by atoms with van der Waals surface area (Å²) in [7, 11) is 0. The molecule has 188 valence electrons. The monoisotopic (exact) mass is 506 g/mol. The van der Waals surface area contributed by atoms with E-state index < -0.39 is 0 Å². The van der Waals surface area contributed by atoms with Crippen molar-refractivity contribution in [3.05, 3.63) is 52.3 Å². The van der Waals surface area contributed by atoms with Gasteiger partial charge in [0, 0.05) is 48.4 Å². The van der Waals surface area contributed by atoms with Gasteiger partial charge in [0.15, 0.2) is 5.65 Å². The van der Waals surface area contributed by atoms with Gasteiger partial charge in [-0.15, -0.1) is 0 Å². The molecule has 0 spiro atoms. The third-order valence-electron chi connectivity index (χ3n) is 7.55. The summed E-state index contributed by atoms with van der Waals surface area (Å²) in [5.74, 6) is 0.910. The quantitative estimate of drug-likeness (QED) is 0.526. The minimum Gasteiger partial charge on any atom is -0.356 e. The highest BCUT2D eigenvalue weighted by Gasteiger charge is 2.34. The van der Waals surface area contributed by atoms with Crippen LogP contribution < -0.4 is 10.2 Å². The number of aryl methyl sites for hydroxylation is 1. The predicted octanol–water partition coefficient (Wildman–Crippen LogP) is 5.01. The number of likely N-dealkylation sites (tertiary alicyclic amines) is 1. The highest BCUT2D eigenvalue weighted by molar-refractivity contribution is 6.31. The molecule has 3 aliphatic rings. The number of nitrogens with one attached hydrogen (secondary N) is 1. The number of piperidine rings is 1. The number of halogens is 1. The molecule has 3 aromatic rings. The number of hydrogen-bond acceptors (Lipinski definition) is 5. The second-order valence-corrected chi connectivity index (χ2v) is 10.7. The Morgan fingerprint density at radius 1 is 1.03 bits per heavy atom. The lowest BCUT2D eigenvalue weighted by Gasteiger charge is -2.35. The number of nitrogens with zero attached hydrogens (tertiary/aromatic N) is 5. The minimum absolute atomic E-state index is 0.0304. The second kappa shape index (κ2) is 9.39. The summed E-state index contributed by atoms with van der Waals surface area (Å²) in [6, 6.07) is 6.96. The van der Waals surface area contributed by atoms with Crippen LogP contribution in [0.4, 0.5) is 11.5 Å². The SMILES string of the molecule is Cc1cn2nc([C@@H]3CCCCN3C(=O)c3cc(Cl)ccc3NC(=O)C3CC3)cc2nc1N1CCCC1. The Hall–Kier alpha value is -3.13. The summed E-state index contributed by atoms with van der Waals surface area (Å²) in [4.78, 5) is 35.5. The molecule has 8 nitrogen and oxygen atoms in total. The average Bonchev–Trinajstić information content (AvgIpc) is 3.44. The van der Waals surface area contributed by atoms with Crippen LogP contribution in [0.2, 0.25) is 5.02 Å². The second-order valence-electron chi connectivity index (χ2n) is 10.3. The topological polar surface area (TPSA) is 82.8 Å². The molecule has 4 heterocycles. The number of benzene rings is 1. The van der Waals surface area contributed by atoms with Gasteiger partial charge in [-0.3, -0.25) is 9.59 Å². The van der Waals surface area contributed by atoms with Crippen LogP contribution in [0.25, 0.3) is 5.65 Å². The molecular weight excluding hydrogens is 476 g/mol. The predicted molar refractivity (Wildman–Crippen MR) is 140 cm³/mol. The van der Waals surface area contributed by atoms with E-state index in [1.54, 1.807) is 18.2 Å². The van der Waals surface area contributed by atoms with E-state index in [1.807, 2.05) is 21.7 Å². The number of carbonyl (C=O) groups is 2. The zero-order valence-corrected chi connectivity index (χ0v) is 21.3. The van der Waals surface area contributed by atoms with E-state index in [1.165, 1.54) is 12.8 Å². The molecule has 2 aromatic heterocycles. The number of rotatable bonds is 5. The van der Waals surface area contributed by atoms with E-state index in [-0.39, 0.29) is 23.8 Å². The number of carbonyl (C=O) groups excluding carboxylic acids is 2. The summed E-state index contributed by atoms with van der Waals surface area (Å²) in [5, 5.41) is 8.28. The van der Waals surface area contributed by atoms with Gasteiger partial charge in [0.05, 0.1) is 23.0 Å². The van der Waals surface area contributed by atoms with Crippen molar-refractivity contribution in [1.29, 1.82) is 0 Å². The van der Waals surface area contributed by atoms with Gasteiger partial charge in [-0.05, 0) is 70.1 Å². The Kier molecular flexibility index (Phi) is 6.07. The Labute approximate surface area is 215 Å². The smallest absolute Gasteiger partial charge is 0.256 e. The van der Waals surface area contributed by atoms with Crippen molar-refractivity contribution in [2.24, 2.45) is 5.92 Å². The van der Waals surface area contributed by atoms with Crippen molar-refractivity contribution in [3.8, 4) is 0 Å². The largest absolute Gasteiger partial charge is 0.356 e.